The summed E-state index contributed by atoms with van der Waals surface area (Å²) >= 11 is 0. The van der Waals surface area contributed by atoms with Crippen LogP contribution in [-0.2, 0) is 10.0 Å². The van der Waals surface area contributed by atoms with Gasteiger partial charge in [0.15, 0.2) is 0 Å². The normalized spacial score (nSPS) is 19.8. The molecule has 0 amide bonds. The predicted molar refractivity (Wildman–Crippen MR) is 153 cm³/mol. The first-order valence-corrected chi connectivity index (χ1v) is 15.0. The maximum Gasteiger partial charge on any atom is 0.235 e. The molecule has 6 rings (SSSR count). The van der Waals surface area contributed by atoms with Crippen LogP contribution in [0.15, 0.2) is 67.0 Å². The van der Waals surface area contributed by atoms with E-state index in [-0.39, 0.29) is 11.3 Å². The molecule has 2 aliphatic carbocycles. The lowest BCUT2D eigenvalue weighted by atomic mass is 9.92. The smallest absolute Gasteiger partial charge is 0.235 e. The van der Waals surface area contributed by atoms with Gasteiger partial charge in [-0.2, -0.15) is 0 Å². The van der Waals surface area contributed by atoms with Gasteiger partial charge in [-0.3, -0.25) is 4.72 Å². The Balaban J connectivity index is 1.28. The van der Waals surface area contributed by atoms with Crippen molar-refractivity contribution in [2.45, 2.75) is 62.3 Å². The monoisotopic (exact) mass is 544 g/mol. The average Bonchev–Trinajstić information content (AvgIpc) is 2.90. The molecule has 2 aromatic heterocycles. The number of nitrogens with zero attached hydrogens (tertiary/aromatic N) is 3. The molecule has 0 aliphatic heterocycles. The van der Waals surface area contributed by atoms with E-state index < -0.39 is 10.0 Å². The van der Waals surface area contributed by atoms with E-state index in [0.29, 0.717) is 47.8 Å². The van der Waals surface area contributed by atoms with Crippen molar-refractivity contribution in [3.05, 3.63) is 67.0 Å². The summed E-state index contributed by atoms with van der Waals surface area (Å²) in [7, 11) is -3.43. The lowest BCUT2D eigenvalue weighted by Crippen LogP contribution is -2.33. The number of pyridine rings is 1. The van der Waals surface area contributed by atoms with Gasteiger partial charge in [0, 0.05) is 35.2 Å². The quantitative estimate of drug-likeness (QED) is 0.266. The number of ether oxygens (including phenoxy) is 1. The third-order valence-corrected chi connectivity index (χ3v) is 9.49. The Morgan fingerprint density at radius 1 is 0.846 bits per heavy atom. The van der Waals surface area contributed by atoms with Crippen LogP contribution in [0, 0.1) is 0 Å². The van der Waals surface area contributed by atoms with Gasteiger partial charge >= 0.3 is 0 Å². The number of nitrogens with one attached hydrogen (secondary N) is 2. The van der Waals surface area contributed by atoms with Crippen LogP contribution in [-0.4, -0.2) is 40.7 Å². The second-order valence-electron chi connectivity index (χ2n) is 10.3. The first-order chi connectivity index (χ1) is 19.0. The Labute approximate surface area is 228 Å². The van der Waals surface area contributed by atoms with Crippen LogP contribution in [0.4, 0.5) is 11.6 Å². The van der Waals surface area contributed by atoms with Crippen molar-refractivity contribution < 1.29 is 13.2 Å². The van der Waals surface area contributed by atoms with Crippen molar-refractivity contribution in [3.8, 4) is 22.9 Å². The highest BCUT2D eigenvalue weighted by Gasteiger charge is 2.31. The Kier molecular flexibility index (Phi) is 7.05. The molecule has 9 nitrogen and oxygen atoms in total. The Hall–Kier alpha value is -3.76. The van der Waals surface area contributed by atoms with E-state index in [4.69, 9.17) is 15.5 Å². The molecule has 39 heavy (non-hydrogen) atoms. The minimum Gasteiger partial charge on any atom is -0.438 e. The zero-order valence-corrected chi connectivity index (χ0v) is 22.4. The lowest BCUT2D eigenvalue weighted by Gasteiger charge is -2.26. The number of benzene rings is 2. The Bertz CT molecular complexity index is 1580. The molecule has 0 unspecified atom stereocenters. The number of rotatable bonds is 8. The molecule has 10 heteroatoms. The minimum atomic E-state index is -3.43. The van der Waals surface area contributed by atoms with E-state index in [9.17, 15) is 8.42 Å². The zero-order chi connectivity index (χ0) is 26.8. The van der Waals surface area contributed by atoms with Crippen molar-refractivity contribution in [1.29, 1.82) is 0 Å². The average molecular weight is 545 g/mol. The molecule has 2 heterocycles. The summed E-state index contributed by atoms with van der Waals surface area (Å²) in [6, 6.07) is 17.3. The van der Waals surface area contributed by atoms with Gasteiger partial charge in [0.05, 0.1) is 22.2 Å². The van der Waals surface area contributed by atoms with Crippen molar-refractivity contribution >= 4 is 32.4 Å². The summed E-state index contributed by atoms with van der Waals surface area (Å²) in [6.07, 6.45) is 9.73. The Morgan fingerprint density at radius 2 is 1.64 bits per heavy atom. The first kappa shape index (κ1) is 25.5. The highest BCUT2D eigenvalue weighted by molar-refractivity contribution is 7.93. The van der Waals surface area contributed by atoms with E-state index in [1.807, 2.05) is 48.5 Å². The number of hydrogen-bond acceptors (Lipinski definition) is 8. The fraction of sp³-hybridized carbons (Fsp3) is 0.345. The van der Waals surface area contributed by atoms with Gasteiger partial charge in [-0.15, -0.1) is 0 Å². The topological polar surface area (TPSA) is 132 Å². The molecule has 0 saturated heterocycles. The summed E-state index contributed by atoms with van der Waals surface area (Å²) < 4.78 is 34.8. The van der Waals surface area contributed by atoms with Gasteiger partial charge in [0.25, 0.3) is 0 Å². The molecule has 2 fully saturated rings. The van der Waals surface area contributed by atoms with Crippen LogP contribution >= 0.6 is 0 Å². The van der Waals surface area contributed by atoms with Gasteiger partial charge < -0.3 is 15.8 Å². The minimum absolute atomic E-state index is 0.276. The maximum absolute atomic E-state index is 12.8. The molecule has 4 aromatic rings. The van der Waals surface area contributed by atoms with Crippen molar-refractivity contribution in [1.82, 2.24) is 15.0 Å². The summed E-state index contributed by atoms with van der Waals surface area (Å²) in [5, 5.41) is 4.66. The number of sulfonamides is 1. The highest BCUT2D eigenvalue weighted by Crippen LogP contribution is 2.37. The van der Waals surface area contributed by atoms with Gasteiger partial charge in [-0.05, 0) is 68.9 Å². The molecule has 202 valence electrons. The van der Waals surface area contributed by atoms with E-state index in [0.717, 1.165) is 48.4 Å². The van der Waals surface area contributed by atoms with E-state index in [1.165, 1.54) is 0 Å². The molecule has 2 saturated carbocycles. The fourth-order valence-electron chi connectivity index (χ4n) is 5.17. The molecule has 0 bridgehead atoms. The number of fused-ring (bicyclic) bond motifs is 1. The predicted octanol–water partition coefficient (Wildman–Crippen LogP) is 5.46. The molecule has 2 aromatic carbocycles. The highest BCUT2D eigenvalue weighted by atomic mass is 32.2. The van der Waals surface area contributed by atoms with Crippen LogP contribution < -0.4 is 20.5 Å². The number of anilines is 2. The second kappa shape index (κ2) is 10.8. The second-order valence-corrected chi connectivity index (χ2v) is 12.3. The fourth-order valence-corrected chi connectivity index (χ4v) is 6.78. The molecule has 2 aliphatic rings. The molecule has 0 radical (unpaired) electrons. The number of nitrogens with two attached hydrogens (primary N) is 1. The molecule has 0 atom stereocenters. The van der Waals surface area contributed by atoms with Crippen LogP contribution in [0.3, 0.4) is 0 Å². The standard InChI is InChI=1S/C29H32N6O3S/c30-19-12-14-20(15-13-19)33-29-32-18-16-25(34-29)24-9-4-17-31-28(24)38-27-11-3-7-22-23(27)8-2-10-26(22)35-39(36,37)21-5-1-6-21/h2-4,7-11,16-21,35H,1,5-6,12-15,30H2,(H,32,33,34)/t19-,20-. The third-order valence-electron chi connectivity index (χ3n) is 7.64. The van der Waals surface area contributed by atoms with Crippen LogP contribution in [0.25, 0.3) is 22.0 Å². The van der Waals surface area contributed by atoms with E-state index >= 15 is 0 Å². The largest absolute Gasteiger partial charge is 0.438 e. The molecular weight excluding hydrogens is 512 g/mol. The van der Waals surface area contributed by atoms with Gasteiger partial charge in [0.1, 0.15) is 5.75 Å². The van der Waals surface area contributed by atoms with E-state index in [2.05, 4.69) is 20.0 Å². The van der Waals surface area contributed by atoms with Crippen LogP contribution in [0.5, 0.6) is 11.6 Å². The number of hydrogen-bond donors (Lipinski definition) is 3. The molecule has 0 spiro atoms. The van der Waals surface area contributed by atoms with Crippen LogP contribution in [0.2, 0.25) is 0 Å². The lowest BCUT2D eigenvalue weighted by molar-refractivity contribution is 0.410. The van der Waals surface area contributed by atoms with Gasteiger partial charge in [-0.1, -0.05) is 30.7 Å². The molecule has 4 N–H and O–H groups in total. The van der Waals surface area contributed by atoms with Gasteiger partial charge in [-0.25, -0.2) is 23.4 Å². The van der Waals surface area contributed by atoms with E-state index in [1.54, 1.807) is 18.5 Å². The summed E-state index contributed by atoms with van der Waals surface area (Å²) in [5.74, 6) is 1.54. The first-order valence-electron chi connectivity index (χ1n) is 13.5. The Morgan fingerprint density at radius 3 is 2.44 bits per heavy atom. The van der Waals surface area contributed by atoms with Crippen molar-refractivity contribution in [2.75, 3.05) is 10.0 Å². The summed E-state index contributed by atoms with van der Waals surface area (Å²) in [5.41, 5.74) is 8.01. The zero-order valence-electron chi connectivity index (χ0n) is 21.6. The molecular formula is C29H32N6O3S. The SMILES string of the molecule is N[C@H]1CC[C@H](Nc2nccc(-c3cccnc3Oc3cccc4c(NS(=O)(=O)C5CCC5)cccc34)n2)CC1. The summed E-state index contributed by atoms with van der Waals surface area (Å²) in [6.45, 7) is 0. The number of aromatic nitrogens is 3. The van der Waals surface area contributed by atoms with Crippen molar-refractivity contribution in [2.24, 2.45) is 5.73 Å². The van der Waals surface area contributed by atoms with Gasteiger partial charge in [0.2, 0.25) is 21.9 Å². The summed E-state index contributed by atoms with van der Waals surface area (Å²) in [4.78, 5) is 13.7. The third kappa shape index (κ3) is 5.53. The maximum atomic E-state index is 12.8. The van der Waals surface area contributed by atoms with Crippen LogP contribution in [0.1, 0.15) is 44.9 Å². The van der Waals surface area contributed by atoms with Crippen molar-refractivity contribution in [3.63, 3.8) is 0 Å².